The molecule has 6 nitrogen and oxygen atoms in total. The van der Waals surface area contributed by atoms with E-state index in [1.165, 1.54) is 6.07 Å². The lowest BCUT2D eigenvalue weighted by molar-refractivity contribution is -0.0101. The van der Waals surface area contributed by atoms with Crippen molar-refractivity contribution < 1.29 is 23.4 Å². The molecule has 4 rings (SSSR count). The van der Waals surface area contributed by atoms with Crippen LogP contribution in [0.5, 0.6) is 11.9 Å². The molecule has 2 aromatic rings. The van der Waals surface area contributed by atoms with Crippen molar-refractivity contribution in [2.45, 2.75) is 38.8 Å². The summed E-state index contributed by atoms with van der Waals surface area (Å²) < 4.78 is 37.9. The largest absolute Gasteiger partial charge is 0.478 e. The number of hydrogen-bond donors (Lipinski definition) is 1. The second-order valence-corrected chi connectivity index (χ2v) is 8.01. The van der Waals surface area contributed by atoms with E-state index in [4.69, 9.17) is 9.47 Å². The Hall–Kier alpha value is -2.32. The molecular weight excluding hydrogens is 392 g/mol. The van der Waals surface area contributed by atoms with Crippen molar-refractivity contribution in [2.24, 2.45) is 11.8 Å². The molecule has 162 valence electrons. The molecule has 1 aromatic carbocycles. The van der Waals surface area contributed by atoms with Crippen molar-refractivity contribution in [3.8, 4) is 11.9 Å². The van der Waals surface area contributed by atoms with Crippen LogP contribution in [0.2, 0.25) is 0 Å². The van der Waals surface area contributed by atoms with Crippen molar-refractivity contribution in [1.82, 2.24) is 14.9 Å². The van der Waals surface area contributed by atoms with Crippen LogP contribution >= 0.6 is 0 Å². The van der Waals surface area contributed by atoms with Gasteiger partial charge in [-0.1, -0.05) is 6.07 Å². The van der Waals surface area contributed by atoms with E-state index in [1.807, 2.05) is 13.8 Å². The minimum atomic E-state index is -1.09. The van der Waals surface area contributed by atoms with Crippen molar-refractivity contribution in [3.05, 3.63) is 47.2 Å². The lowest BCUT2D eigenvalue weighted by atomic mass is 9.83. The summed E-state index contributed by atoms with van der Waals surface area (Å²) in [4.78, 5) is 10.8. The Balaban J connectivity index is 1.55. The van der Waals surface area contributed by atoms with Crippen LogP contribution in [0, 0.1) is 23.5 Å². The van der Waals surface area contributed by atoms with Crippen molar-refractivity contribution in [1.29, 1.82) is 0 Å². The second-order valence-electron chi connectivity index (χ2n) is 8.01. The van der Waals surface area contributed by atoms with Crippen LogP contribution in [0.3, 0.4) is 0 Å². The first-order chi connectivity index (χ1) is 14.4. The van der Waals surface area contributed by atoms with Crippen LogP contribution in [0.1, 0.15) is 37.8 Å². The highest BCUT2D eigenvalue weighted by Crippen LogP contribution is 2.52. The maximum absolute atomic E-state index is 13.6. The van der Waals surface area contributed by atoms with E-state index in [2.05, 4.69) is 14.9 Å². The fourth-order valence-electron chi connectivity index (χ4n) is 4.84. The highest BCUT2D eigenvalue weighted by atomic mass is 19.2. The molecule has 1 saturated heterocycles. The van der Waals surface area contributed by atoms with Crippen LogP contribution in [-0.2, 0) is 12.1 Å². The Labute approximate surface area is 174 Å². The fraction of sp³-hybridized carbons (Fsp3) is 0.545. The number of aromatic nitrogens is 2. The number of aliphatic hydroxyl groups is 1. The quantitative estimate of drug-likeness (QED) is 0.743. The Morgan fingerprint density at radius 3 is 2.70 bits per heavy atom. The van der Waals surface area contributed by atoms with E-state index >= 15 is 0 Å². The summed E-state index contributed by atoms with van der Waals surface area (Å²) in [5, 5.41) is 11.7. The van der Waals surface area contributed by atoms with Crippen LogP contribution < -0.4 is 9.47 Å². The van der Waals surface area contributed by atoms with Gasteiger partial charge in [-0.05, 0) is 50.3 Å². The molecule has 1 aromatic heterocycles. The van der Waals surface area contributed by atoms with Gasteiger partial charge in [-0.2, -0.15) is 4.98 Å². The summed E-state index contributed by atoms with van der Waals surface area (Å²) in [5.74, 6) is -1.02. The number of benzene rings is 1. The Morgan fingerprint density at radius 2 is 1.97 bits per heavy atom. The van der Waals surface area contributed by atoms with Gasteiger partial charge in [0.1, 0.15) is 5.60 Å². The molecule has 1 aliphatic carbocycles. The van der Waals surface area contributed by atoms with Gasteiger partial charge in [-0.3, -0.25) is 4.90 Å². The first kappa shape index (κ1) is 20.9. The third kappa shape index (κ3) is 3.86. The normalized spacial score (nSPS) is 26.0. The molecule has 30 heavy (non-hydrogen) atoms. The van der Waals surface area contributed by atoms with Crippen LogP contribution in [-0.4, -0.2) is 46.3 Å². The molecule has 0 amide bonds. The van der Waals surface area contributed by atoms with E-state index in [1.54, 1.807) is 12.3 Å². The molecule has 8 heteroatoms. The average Bonchev–Trinajstić information content (AvgIpc) is 3.26. The SMILES string of the molecule is CCOc1ncc([C@]2(O)CC[C@H]3CN(Cc4ccc(F)c(F)c4)C[C@H]32)c(OCC)n1. The van der Waals surface area contributed by atoms with Gasteiger partial charge < -0.3 is 14.6 Å². The van der Waals surface area contributed by atoms with Gasteiger partial charge in [0, 0.05) is 31.7 Å². The van der Waals surface area contributed by atoms with Crippen LogP contribution in [0.4, 0.5) is 8.78 Å². The van der Waals surface area contributed by atoms with E-state index in [9.17, 15) is 13.9 Å². The number of ether oxygens (including phenoxy) is 2. The molecule has 2 aliphatic rings. The zero-order chi connectivity index (χ0) is 21.3. The van der Waals surface area contributed by atoms with Crippen LogP contribution in [0.15, 0.2) is 24.4 Å². The molecule has 0 spiro atoms. The van der Waals surface area contributed by atoms with Gasteiger partial charge in [0.05, 0.1) is 18.8 Å². The van der Waals surface area contributed by atoms with Gasteiger partial charge in [0.15, 0.2) is 11.6 Å². The standard InChI is InChI=1S/C22H27F2N3O3/c1-3-29-20-16(10-25-21(26-20)30-4-2)22(28)8-7-15-12-27(13-17(15)22)11-14-5-6-18(23)19(24)9-14/h5-6,9-10,15,17,28H,3-4,7-8,11-13H2,1-2H3/t15-,17+,22+/m0/s1. The van der Waals surface area contributed by atoms with Gasteiger partial charge in [-0.15, -0.1) is 0 Å². The number of halogens is 2. The van der Waals surface area contributed by atoms with E-state index in [0.29, 0.717) is 50.1 Å². The lowest BCUT2D eigenvalue weighted by Crippen LogP contribution is -2.35. The number of rotatable bonds is 7. The molecule has 2 fully saturated rings. The monoisotopic (exact) mass is 419 g/mol. The third-order valence-electron chi connectivity index (χ3n) is 6.17. The maximum Gasteiger partial charge on any atom is 0.319 e. The summed E-state index contributed by atoms with van der Waals surface area (Å²) in [5.41, 5.74) is 0.217. The zero-order valence-electron chi connectivity index (χ0n) is 17.3. The van der Waals surface area contributed by atoms with Gasteiger partial charge in [-0.25, -0.2) is 13.8 Å². The first-order valence-corrected chi connectivity index (χ1v) is 10.5. The topological polar surface area (TPSA) is 67.7 Å². The van der Waals surface area contributed by atoms with Crippen molar-refractivity contribution in [2.75, 3.05) is 26.3 Å². The molecule has 2 heterocycles. The Morgan fingerprint density at radius 1 is 1.17 bits per heavy atom. The molecular formula is C22H27F2N3O3. The van der Waals surface area contributed by atoms with Crippen LogP contribution in [0.25, 0.3) is 0 Å². The first-order valence-electron chi connectivity index (χ1n) is 10.5. The second kappa shape index (κ2) is 8.43. The molecule has 1 saturated carbocycles. The molecule has 0 radical (unpaired) electrons. The summed E-state index contributed by atoms with van der Waals surface area (Å²) in [7, 11) is 0. The molecule has 1 aliphatic heterocycles. The van der Waals surface area contributed by atoms with E-state index < -0.39 is 17.2 Å². The summed E-state index contributed by atoms with van der Waals surface area (Å²) in [6.07, 6.45) is 3.09. The van der Waals surface area contributed by atoms with Gasteiger partial charge in [0.2, 0.25) is 5.88 Å². The minimum absolute atomic E-state index is 0.0106. The highest BCUT2D eigenvalue weighted by molar-refractivity contribution is 5.34. The van der Waals surface area contributed by atoms with Crippen molar-refractivity contribution >= 4 is 0 Å². The molecule has 3 atom stereocenters. The molecule has 1 N–H and O–H groups in total. The molecule has 0 bridgehead atoms. The average molecular weight is 419 g/mol. The molecule has 0 unspecified atom stereocenters. The third-order valence-corrected chi connectivity index (χ3v) is 6.17. The predicted octanol–water partition coefficient (Wildman–Crippen LogP) is 3.28. The Bertz CT molecular complexity index is 913. The van der Waals surface area contributed by atoms with E-state index in [0.717, 1.165) is 24.6 Å². The number of nitrogens with zero attached hydrogens (tertiary/aromatic N) is 3. The number of hydrogen-bond acceptors (Lipinski definition) is 6. The number of fused-ring (bicyclic) bond motifs is 1. The Kier molecular flexibility index (Phi) is 5.88. The van der Waals surface area contributed by atoms with Crippen molar-refractivity contribution in [3.63, 3.8) is 0 Å². The lowest BCUT2D eigenvalue weighted by Gasteiger charge is -2.31. The maximum atomic E-state index is 13.6. The smallest absolute Gasteiger partial charge is 0.319 e. The van der Waals surface area contributed by atoms with E-state index in [-0.39, 0.29) is 11.9 Å². The minimum Gasteiger partial charge on any atom is -0.478 e. The fourth-order valence-corrected chi connectivity index (χ4v) is 4.84. The predicted molar refractivity (Wildman–Crippen MR) is 106 cm³/mol. The summed E-state index contributed by atoms with van der Waals surface area (Å²) >= 11 is 0. The van der Waals surface area contributed by atoms with Gasteiger partial charge in [0.25, 0.3) is 0 Å². The highest BCUT2D eigenvalue weighted by Gasteiger charge is 2.53. The number of likely N-dealkylation sites (tertiary alicyclic amines) is 1. The summed E-state index contributed by atoms with van der Waals surface area (Å²) in [6.45, 7) is 6.55. The van der Waals surface area contributed by atoms with Gasteiger partial charge >= 0.3 is 6.01 Å². The zero-order valence-corrected chi connectivity index (χ0v) is 17.3. The summed E-state index contributed by atoms with van der Waals surface area (Å²) in [6, 6.07) is 4.23.